The molecule has 0 saturated carbocycles. The van der Waals surface area contributed by atoms with Gasteiger partial charge in [-0.3, -0.25) is 9.79 Å². The summed E-state index contributed by atoms with van der Waals surface area (Å²) in [5.74, 6) is 0.825. The Morgan fingerprint density at radius 2 is 1.79 bits per heavy atom. The highest BCUT2D eigenvalue weighted by molar-refractivity contribution is 5.98. The highest BCUT2D eigenvalue weighted by Gasteiger charge is 2.23. The highest BCUT2D eigenvalue weighted by Crippen LogP contribution is 2.32. The third-order valence-electron chi connectivity index (χ3n) is 5.96. The largest absolute Gasteiger partial charge is 0.491 e. The third-order valence-corrected chi connectivity index (χ3v) is 5.96. The molecule has 5 heteroatoms. The summed E-state index contributed by atoms with van der Waals surface area (Å²) >= 11 is 0. The molecule has 0 aliphatic carbocycles. The average molecular weight is 438 g/mol. The van der Waals surface area contributed by atoms with Gasteiger partial charge in [-0.05, 0) is 73.9 Å². The number of fused-ring (bicyclic) bond motifs is 2. The number of hydrogen-bond acceptors (Lipinski definition) is 3. The lowest BCUT2D eigenvalue weighted by Crippen LogP contribution is -2.32. The number of carbonyl (C=O) groups is 1. The minimum atomic E-state index is -0.0129. The molecular weight excluding hydrogens is 410 g/mol. The van der Waals surface area contributed by atoms with Gasteiger partial charge in [0.1, 0.15) is 18.1 Å². The lowest BCUT2D eigenvalue weighted by atomic mass is 9.99. The van der Waals surface area contributed by atoms with Crippen molar-refractivity contribution in [2.24, 2.45) is 4.99 Å². The number of ether oxygens (including phenoxy) is 1. The van der Waals surface area contributed by atoms with Crippen LogP contribution in [0.5, 0.6) is 5.75 Å². The Bertz CT molecular complexity index is 1350. The standard InChI is InChI=1S/C28H27N3O2/c1-18(2)29-24-10-8-20(14-19(24)3)21-9-11-27-23(15-21)17-31(12-13-33-27)28(32)26-16-22-6-4-5-7-25(22)30-26/h4-11,14-16,30H,12-13,17H2,1-3H3. The van der Waals surface area contributed by atoms with Gasteiger partial charge in [0.25, 0.3) is 5.91 Å². The lowest BCUT2D eigenvalue weighted by Gasteiger charge is -2.19. The molecule has 0 radical (unpaired) electrons. The molecule has 5 rings (SSSR count). The van der Waals surface area contributed by atoms with Crippen molar-refractivity contribution < 1.29 is 9.53 Å². The smallest absolute Gasteiger partial charge is 0.270 e. The topological polar surface area (TPSA) is 57.7 Å². The van der Waals surface area contributed by atoms with Crippen LogP contribution >= 0.6 is 0 Å². The molecule has 1 N–H and O–H groups in total. The number of rotatable bonds is 3. The van der Waals surface area contributed by atoms with Crippen molar-refractivity contribution in [1.29, 1.82) is 0 Å². The third kappa shape index (κ3) is 4.27. The van der Waals surface area contributed by atoms with Crippen molar-refractivity contribution in [3.63, 3.8) is 0 Å². The predicted molar refractivity (Wildman–Crippen MR) is 134 cm³/mol. The summed E-state index contributed by atoms with van der Waals surface area (Å²) in [7, 11) is 0. The van der Waals surface area contributed by atoms with Gasteiger partial charge < -0.3 is 14.6 Å². The van der Waals surface area contributed by atoms with Crippen LogP contribution in [0.25, 0.3) is 22.0 Å². The second kappa shape index (κ2) is 8.58. The van der Waals surface area contributed by atoms with Gasteiger partial charge in [-0.1, -0.05) is 30.3 Å². The number of carbonyl (C=O) groups excluding carboxylic acids is 1. The number of nitrogens with one attached hydrogen (secondary N) is 1. The summed E-state index contributed by atoms with van der Waals surface area (Å²) in [4.78, 5) is 23.0. The molecule has 1 aromatic heterocycles. The van der Waals surface area contributed by atoms with E-state index in [9.17, 15) is 4.79 Å². The Morgan fingerprint density at radius 1 is 1.00 bits per heavy atom. The molecule has 0 bridgehead atoms. The van der Waals surface area contributed by atoms with Crippen molar-refractivity contribution >= 4 is 28.2 Å². The zero-order valence-corrected chi connectivity index (χ0v) is 19.2. The molecule has 0 spiro atoms. The molecule has 33 heavy (non-hydrogen) atoms. The van der Waals surface area contributed by atoms with E-state index in [2.05, 4.69) is 47.2 Å². The molecule has 3 aromatic carbocycles. The highest BCUT2D eigenvalue weighted by atomic mass is 16.5. The van der Waals surface area contributed by atoms with Gasteiger partial charge in [-0.15, -0.1) is 0 Å². The van der Waals surface area contributed by atoms with Crippen molar-refractivity contribution in [2.45, 2.75) is 27.3 Å². The number of para-hydroxylation sites is 1. The van der Waals surface area contributed by atoms with Crippen molar-refractivity contribution in [1.82, 2.24) is 9.88 Å². The molecule has 166 valence electrons. The molecule has 0 atom stereocenters. The Hall–Kier alpha value is -3.86. The first-order chi connectivity index (χ1) is 16.0. The Balaban J connectivity index is 1.43. The summed E-state index contributed by atoms with van der Waals surface area (Å²) < 4.78 is 5.98. The Labute approximate surface area is 193 Å². The second-order valence-corrected chi connectivity index (χ2v) is 8.73. The number of aromatic amines is 1. The summed E-state index contributed by atoms with van der Waals surface area (Å²) in [6.07, 6.45) is 0. The fraction of sp³-hybridized carbons (Fsp3) is 0.214. The van der Waals surface area contributed by atoms with Crippen LogP contribution in [0.2, 0.25) is 0 Å². The van der Waals surface area contributed by atoms with Gasteiger partial charge in [-0.2, -0.15) is 0 Å². The van der Waals surface area contributed by atoms with Crippen molar-refractivity contribution in [3.05, 3.63) is 83.6 Å². The first-order valence-corrected chi connectivity index (χ1v) is 11.2. The zero-order chi connectivity index (χ0) is 22.9. The summed E-state index contributed by atoms with van der Waals surface area (Å²) in [5.41, 5.74) is 7.98. The minimum Gasteiger partial charge on any atom is -0.491 e. The number of hydrogen-bond donors (Lipinski definition) is 1. The Kier molecular flexibility index (Phi) is 5.47. The lowest BCUT2D eigenvalue weighted by molar-refractivity contribution is 0.0728. The van der Waals surface area contributed by atoms with Crippen molar-refractivity contribution in [3.8, 4) is 16.9 Å². The van der Waals surface area contributed by atoms with Gasteiger partial charge >= 0.3 is 0 Å². The van der Waals surface area contributed by atoms with Gasteiger partial charge in [0, 0.05) is 28.7 Å². The SMILES string of the molecule is CC(C)=Nc1ccc(-c2ccc3c(c2)CN(C(=O)c2cc4ccccc4[nH]2)CCO3)cc1C. The van der Waals surface area contributed by atoms with Crippen molar-refractivity contribution in [2.75, 3.05) is 13.2 Å². The molecule has 5 nitrogen and oxygen atoms in total. The van der Waals surface area contributed by atoms with Gasteiger partial charge in [-0.25, -0.2) is 0 Å². The molecule has 4 aromatic rings. The number of benzene rings is 3. The van der Waals surface area contributed by atoms with Crippen LogP contribution in [0.1, 0.15) is 35.5 Å². The van der Waals surface area contributed by atoms with E-state index in [0.29, 0.717) is 25.4 Å². The minimum absolute atomic E-state index is 0.0129. The van der Waals surface area contributed by atoms with E-state index in [1.807, 2.05) is 55.1 Å². The monoisotopic (exact) mass is 437 g/mol. The fourth-order valence-corrected chi connectivity index (χ4v) is 4.31. The van der Waals surface area contributed by atoms with E-state index in [4.69, 9.17) is 4.74 Å². The first kappa shape index (κ1) is 21.0. The maximum Gasteiger partial charge on any atom is 0.270 e. The van der Waals surface area contributed by atoms with E-state index in [1.165, 1.54) is 0 Å². The maximum atomic E-state index is 13.3. The second-order valence-electron chi connectivity index (χ2n) is 8.73. The van der Waals surface area contributed by atoms with Gasteiger partial charge in [0.05, 0.1) is 12.2 Å². The molecule has 1 aliphatic heterocycles. The molecule has 1 aliphatic rings. The molecule has 1 amide bonds. The molecule has 0 unspecified atom stereocenters. The van der Waals surface area contributed by atoms with Crippen LogP contribution < -0.4 is 4.74 Å². The number of H-pyrrole nitrogens is 1. The van der Waals surface area contributed by atoms with E-state index in [-0.39, 0.29) is 5.91 Å². The number of aliphatic imine (C=N–C) groups is 1. The quantitative estimate of drug-likeness (QED) is 0.383. The van der Waals surface area contributed by atoms with E-state index < -0.39 is 0 Å². The average Bonchev–Trinajstić information content (AvgIpc) is 3.12. The molecule has 0 saturated heterocycles. The van der Waals surface area contributed by atoms with E-state index in [0.717, 1.165) is 50.3 Å². The fourth-order valence-electron chi connectivity index (χ4n) is 4.31. The molecule has 2 heterocycles. The predicted octanol–water partition coefficient (Wildman–Crippen LogP) is 6.29. The van der Waals surface area contributed by atoms with Crippen LogP contribution in [0.3, 0.4) is 0 Å². The number of amides is 1. The zero-order valence-electron chi connectivity index (χ0n) is 19.2. The van der Waals surface area contributed by atoms with Crippen LogP contribution in [-0.2, 0) is 6.54 Å². The first-order valence-electron chi connectivity index (χ1n) is 11.2. The summed E-state index contributed by atoms with van der Waals surface area (Å²) in [5, 5.41) is 1.04. The molecule has 0 fully saturated rings. The molecular formula is C28H27N3O2. The summed E-state index contributed by atoms with van der Waals surface area (Å²) in [6.45, 7) is 7.61. The van der Waals surface area contributed by atoms with Gasteiger partial charge in [0.2, 0.25) is 0 Å². The van der Waals surface area contributed by atoms with Gasteiger partial charge in [0.15, 0.2) is 0 Å². The normalized spacial score (nSPS) is 13.2. The number of aryl methyl sites for hydroxylation is 1. The van der Waals surface area contributed by atoms with Crippen LogP contribution in [0.4, 0.5) is 5.69 Å². The van der Waals surface area contributed by atoms with E-state index >= 15 is 0 Å². The number of nitrogens with zero attached hydrogens (tertiary/aromatic N) is 2. The van der Waals surface area contributed by atoms with Crippen LogP contribution in [-0.4, -0.2) is 34.7 Å². The maximum absolute atomic E-state index is 13.3. The van der Waals surface area contributed by atoms with Crippen LogP contribution in [0.15, 0.2) is 71.7 Å². The number of aromatic nitrogens is 1. The van der Waals surface area contributed by atoms with E-state index in [1.54, 1.807) is 0 Å². The Morgan fingerprint density at radius 3 is 2.58 bits per heavy atom. The van der Waals surface area contributed by atoms with Crippen LogP contribution in [0, 0.1) is 6.92 Å². The summed E-state index contributed by atoms with van der Waals surface area (Å²) in [6, 6.07) is 22.4.